The molecule has 0 atom stereocenters. The molecule has 38 heavy (non-hydrogen) atoms. The lowest BCUT2D eigenvalue weighted by Crippen LogP contribution is -2.12. The number of pyridine rings is 1. The van der Waals surface area contributed by atoms with Gasteiger partial charge in [-0.3, -0.25) is 9.78 Å². The van der Waals surface area contributed by atoms with E-state index in [0.29, 0.717) is 28.6 Å². The summed E-state index contributed by atoms with van der Waals surface area (Å²) in [5, 5.41) is 7.77. The summed E-state index contributed by atoms with van der Waals surface area (Å²) in [5.41, 5.74) is 2.07. The number of benzene rings is 5. The average molecular weight is 501 g/mol. The van der Waals surface area contributed by atoms with Crippen LogP contribution in [-0.2, 0) is 0 Å². The normalized spacial score (nSPS) is 11.0. The average Bonchev–Trinajstić information content (AvgIpc) is 2.96. The monoisotopic (exact) mass is 500 g/mol. The maximum atomic E-state index is 13.2. The van der Waals surface area contributed by atoms with Crippen molar-refractivity contribution in [1.29, 1.82) is 0 Å². The summed E-state index contributed by atoms with van der Waals surface area (Å²) in [6.45, 7) is 0. The molecular formula is C32H24N2O4. The molecule has 6 rings (SSSR count). The van der Waals surface area contributed by atoms with Crippen LogP contribution in [0.1, 0.15) is 10.4 Å². The van der Waals surface area contributed by atoms with E-state index in [1.54, 1.807) is 20.4 Å². The molecule has 0 spiro atoms. The Hall–Kier alpha value is -5.10. The number of methoxy groups -OCH3 is 2. The van der Waals surface area contributed by atoms with Crippen molar-refractivity contribution in [3.63, 3.8) is 0 Å². The maximum Gasteiger partial charge on any atom is 0.256 e. The van der Waals surface area contributed by atoms with Crippen molar-refractivity contribution in [2.75, 3.05) is 19.5 Å². The van der Waals surface area contributed by atoms with Crippen LogP contribution < -0.4 is 19.5 Å². The summed E-state index contributed by atoms with van der Waals surface area (Å²) in [6.07, 6.45) is 1.69. The van der Waals surface area contributed by atoms with Gasteiger partial charge >= 0.3 is 0 Å². The summed E-state index contributed by atoms with van der Waals surface area (Å²) in [5.74, 6) is 2.32. The van der Waals surface area contributed by atoms with Gasteiger partial charge in [0.15, 0.2) is 11.5 Å². The molecule has 0 aliphatic rings. The van der Waals surface area contributed by atoms with Crippen molar-refractivity contribution in [2.24, 2.45) is 0 Å². The predicted octanol–water partition coefficient (Wildman–Crippen LogP) is 7.60. The molecule has 0 saturated heterocycles. The SMILES string of the molecule is COc1cc2nccc(Oc3ccc4c(C(=O)Nc5ccc6ccccc6c5)cccc4c3)c2cc1OC. The summed E-state index contributed by atoms with van der Waals surface area (Å²) in [7, 11) is 3.19. The number of nitrogens with zero attached hydrogens (tertiary/aromatic N) is 1. The number of ether oxygens (including phenoxy) is 3. The van der Waals surface area contributed by atoms with Gasteiger partial charge in [0.05, 0.1) is 19.7 Å². The van der Waals surface area contributed by atoms with E-state index in [2.05, 4.69) is 10.3 Å². The number of nitrogens with one attached hydrogen (secondary N) is 1. The zero-order chi connectivity index (χ0) is 26.1. The van der Waals surface area contributed by atoms with Gasteiger partial charge in [0.1, 0.15) is 11.5 Å². The molecule has 0 aliphatic carbocycles. The first kappa shape index (κ1) is 23.3. The molecular weight excluding hydrogens is 476 g/mol. The molecule has 6 aromatic rings. The van der Waals surface area contributed by atoms with Gasteiger partial charge in [-0.2, -0.15) is 0 Å². The van der Waals surface area contributed by atoms with Gasteiger partial charge in [0, 0.05) is 28.9 Å². The van der Waals surface area contributed by atoms with Crippen LogP contribution in [0.5, 0.6) is 23.0 Å². The van der Waals surface area contributed by atoms with Crippen LogP contribution in [0.4, 0.5) is 5.69 Å². The van der Waals surface area contributed by atoms with Crippen molar-refractivity contribution in [3.8, 4) is 23.0 Å². The van der Waals surface area contributed by atoms with Crippen molar-refractivity contribution in [2.45, 2.75) is 0 Å². The maximum absolute atomic E-state index is 13.2. The Morgan fingerprint density at radius 3 is 2.32 bits per heavy atom. The molecule has 0 fully saturated rings. The second-order valence-corrected chi connectivity index (χ2v) is 8.84. The van der Waals surface area contributed by atoms with Gasteiger partial charge < -0.3 is 19.5 Å². The Kier molecular flexibility index (Phi) is 5.98. The molecule has 0 aliphatic heterocycles. The molecule has 6 heteroatoms. The highest BCUT2D eigenvalue weighted by atomic mass is 16.5. The van der Waals surface area contributed by atoms with Gasteiger partial charge in [-0.05, 0) is 70.1 Å². The Morgan fingerprint density at radius 2 is 1.47 bits per heavy atom. The number of amides is 1. The molecule has 0 radical (unpaired) electrons. The molecule has 186 valence electrons. The standard InChI is InChI=1S/C32H24N2O4/c1-36-30-18-27-28(19-31(30)37-2)33-15-14-29(27)38-24-12-13-25-22(17-24)8-5-9-26(25)32(35)34-23-11-10-20-6-3-4-7-21(20)16-23/h3-19H,1-2H3,(H,34,35). The lowest BCUT2D eigenvalue weighted by atomic mass is 10.0. The predicted molar refractivity (Wildman–Crippen MR) is 151 cm³/mol. The summed E-state index contributed by atoms with van der Waals surface area (Å²) in [4.78, 5) is 17.7. The fourth-order valence-electron chi connectivity index (χ4n) is 4.65. The first-order valence-corrected chi connectivity index (χ1v) is 12.1. The number of aromatic nitrogens is 1. The van der Waals surface area contributed by atoms with E-state index < -0.39 is 0 Å². The molecule has 6 nitrogen and oxygen atoms in total. The van der Waals surface area contributed by atoms with Crippen LogP contribution in [0.25, 0.3) is 32.4 Å². The first-order chi connectivity index (χ1) is 18.6. The first-order valence-electron chi connectivity index (χ1n) is 12.1. The minimum absolute atomic E-state index is 0.166. The second kappa shape index (κ2) is 9.75. The van der Waals surface area contributed by atoms with E-state index in [-0.39, 0.29) is 5.91 Å². The highest BCUT2D eigenvalue weighted by Gasteiger charge is 2.14. The number of carbonyl (C=O) groups is 1. The zero-order valence-electron chi connectivity index (χ0n) is 20.9. The van der Waals surface area contributed by atoms with E-state index >= 15 is 0 Å². The minimum Gasteiger partial charge on any atom is -0.493 e. The molecule has 1 amide bonds. The van der Waals surface area contributed by atoms with Crippen LogP contribution in [0.2, 0.25) is 0 Å². The summed E-state index contributed by atoms with van der Waals surface area (Å²) < 4.78 is 17.1. The van der Waals surface area contributed by atoms with Crippen molar-refractivity contribution in [3.05, 3.63) is 109 Å². The van der Waals surface area contributed by atoms with Gasteiger partial charge in [0.25, 0.3) is 5.91 Å². The highest BCUT2D eigenvalue weighted by Crippen LogP contribution is 2.37. The Morgan fingerprint density at radius 1 is 0.684 bits per heavy atom. The minimum atomic E-state index is -0.166. The lowest BCUT2D eigenvalue weighted by molar-refractivity contribution is 0.102. The second-order valence-electron chi connectivity index (χ2n) is 8.84. The number of carbonyl (C=O) groups excluding carboxylic acids is 1. The molecule has 1 N–H and O–H groups in total. The Labute approximate surface area is 219 Å². The topological polar surface area (TPSA) is 69.7 Å². The fourth-order valence-corrected chi connectivity index (χ4v) is 4.65. The quantitative estimate of drug-likeness (QED) is 0.255. The molecule has 1 heterocycles. The number of rotatable bonds is 6. The lowest BCUT2D eigenvalue weighted by Gasteiger charge is -2.13. The number of hydrogen-bond acceptors (Lipinski definition) is 5. The van der Waals surface area contributed by atoms with Gasteiger partial charge in [-0.15, -0.1) is 0 Å². The molecule has 0 bridgehead atoms. The van der Waals surface area contributed by atoms with E-state index in [1.165, 1.54) is 0 Å². The molecule has 0 saturated carbocycles. The summed E-state index contributed by atoms with van der Waals surface area (Å²) in [6, 6.07) is 30.8. The highest BCUT2D eigenvalue weighted by molar-refractivity contribution is 6.13. The van der Waals surface area contributed by atoms with E-state index in [4.69, 9.17) is 14.2 Å². The van der Waals surface area contributed by atoms with E-state index in [1.807, 2.05) is 97.1 Å². The van der Waals surface area contributed by atoms with Crippen LogP contribution in [0.15, 0.2) is 103 Å². The van der Waals surface area contributed by atoms with Crippen LogP contribution >= 0.6 is 0 Å². The van der Waals surface area contributed by atoms with Crippen molar-refractivity contribution < 1.29 is 19.0 Å². The third-order valence-electron chi connectivity index (χ3n) is 6.54. The van der Waals surface area contributed by atoms with E-state index in [0.717, 1.165) is 38.1 Å². The van der Waals surface area contributed by atoms with Crippen LogP contribution in [0, 0.1) is 0 Å². The van der Waals surface area contributed by atoms with E-state index in [9.17, 15) is 4.79 Å². The molecule has 0 unspecified atom stereocenters. The van der Waals surface area contributed by atoms with Crippen LogP contribution in [-0.4, -0.2) is 25.1 Å². The van der Waals surface area contributed by atoms with Crippen molar-refractivity contribution >= 4 is 44.0 Å². The number of fused-ring (bicyclic) bond motifs is 3. The Balaban J connectivity index is 1.30. The van der Waals surface area contributed by atoms with Gasteiger partial charge in [-0.1, -0.05) is 42.5 Å². The summed E-state index contributed by atoms with van der Waals surface area (Å²) >= 11 is 0. The third kappa shape index (κ3) is 4.33. The largest absolute Gasteiger partial charge is 0.493 e. The third-order valence-corrected chi connectivity index (χ3v) is 6.54. The zero-order valence-corrected chi connectivity index (χ0v) is 20.9. The molecule has 5 aromatic carbocycles. The van der Waals surface area contributed by atoms with Gasteiger partial charge in [-0.25, -0.2) is 0 Å². The van der Waals surface area contributed by atoms with Crippen molar-refractivity contribution in [1.82, 2.24) is 4.98 Å². The number of hydrogen-bond donors (Lipinski definition) is 1. The van der Waals surface area contributed by atoms with Gasteiger partial charge in [0.2, 0.25) is 0 Å². The number of anilines is 1. The fraction of sp³-hybridized carbons (Fsp3) is 0.0625. The van der Waals surface area contributed by atoms with Crippen LogP contribution in [0.3, 0.4) is 0 Å². The molecule has 1 aromatic heterocycles. The smallest absolute Gasteiger partial charge is 0.256 e. The Bertz CT molecular complexity index is 1830.